The normalized spacial score (nSPS) is 28.7. The van der Waals surface area contributed by atoms with E-state index in [0.717, 1.165) is 35.3 Å². The number of fused-ring (bicyclic) bond motifs is 3. The van der Waals surface area contributed by atoms with Crippen LogP contribution in [0.1, 0.15) is 23.2 Å². The number of esters is 1. The van der Waals surface area contributed by atoms with Crippen molar-refractivity contribution in [1.82, 2.24) is 9.88 Å². The second-order valence-corrected chi connectivity index (χ2v) is 7.33. The van der Waals surface area contributed by atoms with Crippen LogP contribution in [0.5, 0.6) is 0 Å². The van der Waals surface area contributed by atoms with Gasteiger partial charge in [-0.05, 0) is 13.1 Å². The van der Waals surface area contributed by atoms with Crippen LogP contribution in [-0.2, 0) is 4.74 Å². The number of thioether (sulfide) groups is 1. The van der Waals surface area contributed by atoms with Crippen molar-refractivity contribution >= 4 is 28.6 Å². The van der Waals surface area contributed by atoms with Gasteiger partial charge in [0.25, 0.3) is 0 Å². The van der Waals surface area contributed by atoms with Crippen LogP contribution in [0.25, 0.3) is 10.9 Å². The van der Waals surface area contributed by atoms with Gasteiger partial charge in [-0.1, -0.05) is 18.2 Å². The molecule has 4 rings (SSSR count). The van der Waals surface area contributed by atoms with E-state index in [-0.39, 0.29) is 12.1 Å². The summed E-state index contributed by atoms with van der Waals surface area (Å²) in [5.74, 6) is 2.10. The molecular formula is C17H20N2O2S. The van der Waals surface area contributed by atoms with Crippen LogP contribution in [0.4, 0.5) is 0 Å². The first-order valence-electron chi connectivity index (χ1n) is 7.79. The van der Waals surface area contributed by atoms with E-state index in [1.165, 1.54) is 0 Å². The van der Waals surface area contributed by atoms with E-state index < -0.39 is 0 Å². The maximum atomic E-state index is 12.5. The zero-order chi connectivity index (χ0) is 15.1. The highest BCUT2D eigenvalue weighted by Gasteiger charge is 2.38. The zero-order valence-electron chi connectivity index (χ0n) is 12.6. The van der Waals surface area contributed by atoms with E-state index in [1.54, 1.807) is 6.20 Å². The SMILES string of the molecule is CN1C2CSCC1CC(OC(=O)c1c[nH]c3ccccc13)C2. The van der Waals surface area contributed by atoms with Crippen molar-refractivity contribution in [3.05, 3.63) is 36.0 Å². The smallest absolute Gasteiger partial charge is 0.340 e. The van der Waals surface area contributed by atoms with Crippen LogP contribution in [0.15, 0.2) is 30.5 Å². The van der Waals surface area contributed by atoms with Gasteiger partial charge in [-0.2, -0.15) is 11.8 Å². The number of hydrogen-bond donors (Lipinski definition) is 1. The van der Waals surface area contributed by atoms with Gasteiger partial charge in [0.2, 0.25) is 0 Å². The van der Waals surface area contributed by atoms with Crippen LogP contribution in [0, 0.1) is 0 Å². The Morgan fingerprint density at radius 3 is 2.77 bits per heavy atom. The lowest BCUT2D eigenvalue weighted by Gasteiger charge is -2.46. The number of hydrogen-bond acceptors (Lipinski definition) is 4. The molecule has 2 aromatic rings. The van der Waals surface area contributed by atoms with Gasteiger partial charge in [-0.25, -0.2) is 4.79 Å². The number of para-hydroxylation sites is 1. The molecule has 2 aliphatic heterocycles. The molecule has 0 amide bonds. The zero-order valence-corrected chi connectivity index (χ0v) is 13.4. The lowest BCUT2D eigenvalue weighted by atomic mass is 9.95. The Kier molecular flexibility index (Phi) is 3.62. The molecule has 0 spiro atoms. The summed E-state index contributed by atoms with van der Waals surface area (Å²) in [7, 11) is 2.20. The molecule has 2 fully saturated rings. The number of H-pyrrole nitrogens is 1. The summed E-state index contributed by atoms with van der Waals surface area (Å²) < 4.78 is 5.83. The molecule has 2 bridgehead atoms. The maximum absolute atomic E-state index is 12.5. The molecule has 1 N–H and O–H groups in total. The summed E-state index contributed by atoms with van der Waals surface area (Å²) in [5, 5.41) is 0.941. The maximum Gasteiger partial charge on any atom is 0.340 e. The van der Waals surface area contributed by atoms with Crippen LogP contribution in [-0.4, -0.2) is 52.6 Å². The Labute approximate surface area is 134 Å². The topological polar surface area (TPSA) is 45.3 Å². The molecule has 0 aliphatic carbocycles. The molecule has 2 aliphatic rings. The minimum Gasteiger partial charge on any atom is -0.459 e. The average Bonchev–Trinajstić information content (AvgIpc) is 2.92. The van der Waals surface area contributed by atoms with Crippen LogP contribution in [0.2, 0.25) is 0 Å². The lowest BCUT2D eigenvalue weighted by molar-refractivity contribution is -0.00975. The van der Waals surface area contributed by atoms with Crippen molar-refractivity contribution in [2.45, 2.75) is 31.0 Å². The third-order valence-corrected chi connectivity index (χ3v) is 6.17. The number of benzene rings is 1. The third kappa shape index (κ3) is 2.42. The van der Waals surface area contributed by atoms with Gasteiger partial charge < -0.3 is 9.72 Å². The van der Waals surface area contributed by atoms with Gasteiger partial charge in [0.1, 0.15) is 6.10 Å². The van der Waals surface area contributed by atoms with E-state index in [2.05, 4.69) is 16.9 Å². The number of piperidine rings is 1. The lowest BCUT2D eigenvalue weighted by Crippen LogP contribution is -2.54. The van der Waals surface area contributed by atoms with Crippen LogP contribution < -0.4 is 0 Å². The fourth-order valence-corrected chi connectivity index (χ4v) is 5.02. The van der Waals surface area contributed by atoms with Gasteiger partial charge in [0, 0.05) is 53.5 Å². The molecule has 116 valence electrons. The van der Waals surface area contributed by atoms with Crippen molar-refractivity contribution in [3.63, 3.8) is 0 Å². The molecule has 3 heterocycles. The molecule has 0 saturated carbocycles. The summed E-state index contributed by atoms with van der Waals surface area (Å²) in [5.41, 5.74) is 1.63. The summed E-state index contributed by atoms with van der Waals surface area (Å²) in [6.45, 7) is 0. The first-order chi connectivity index (χ1) is 10.7. The van der Waals surface area contributed by atoms with Gasteiger partial charge in [-0.3, -0.25) is 4.90 Å². The van der Waals surface area contributed by atoms with E-state index in [4.69, 9.17) is 4.74 Å². The number of nitrogens with zero attached hydrogens (tertiary/aromatic N) is 1. The molecule has 5 heteroatoms. The Bertz CT molecular complexity index is 685. The first kappa shape index (κ1) is 14.2. The summed E-state index contributed by atoms with van der Waals surface area (Å²) in [6.07, 6.45) is 3.72. The second-order valence-electron chi connectivity index (χ2n) is 6.26. The van der Waals surface area contributed by atoms with Gasteiger partial charge in [-0.15, -0.1) is 0 Å². The second kappa shape index (κ2) is 5.63. The number of carbonyl (C=O) groups excluding carboxylic acids is 1. The highest BCUT2D eigenvalue weighted by atomic mass is 32.2. The molecule has 2 saturated heterocycles. The number of rotatable bonds is 2. The van der Waals surface area contributed by atoms with E-state index in [9.17, 15) is 4.79 Å². The minimum absolute atomic E-state index is 0.0493. The predicted octanol–water partition coefficient (Wildman–Crippen LogP) is 2.90. The van der Waals surface area contributed by atoms with Crippen LogP contribution >= 0.6 is 11.8 Å². The van der Waals surface area contributed by atoms with Crippen molar-refractivity contribution < 1.29 is 9.53 Å². The number of aromatic nitrogens is 1. The molecule has 22 heavy (non-hydrogen) atoms. The number of aromatic amines is 1. The number of carbonyl (C=O) groups is 1. The van der Waals surface area contributed by atoms with Crippen molar-refractivity contribution in [2.24, 2.45) is 0 Å². The predicted molar refractivity (Wildman–Crippen MR) is 89.4 cm³/mol. The van der Waals surface area contributed by atoms with Crippen molar-refractivity contribution in [1.29, 1.82) is 0 Å². The Hall–Kier alpha value is -1.46. The molecule has 4 nitrogen and oxygen atoms in total. The van der Waals surface area contributed by atoms with E-state index in [1.807, 2.05) is 36.0 Å². The average molecular weight is 316 g/mol. The quantitative estimate of drug-likeness (QED) is 0.865. The van der Waals surface area contributed by atoms with E-state index >= 15 is 0 Å². The molecule has 0 radical (unpaired) electrons. The van der Waals surface area contributed by atoms with Crippen LogP contribution in [0.3, 0.4) is 0 Å². The van der Waals surface area contributed by atoms with E-state index in [0.29, 0.717) is 17.6 Å². The van der Waals surface area contributed by atoms with Crippen molar-refractivity contribution in [2.75, 3.05) is 18.6 Å². The summed E-state index contributed by atoms with van der Waals surface area (Å²) in [6, 6.07) is 8.93. The van der Waals surface area contributed by atoms with Gasteiger partial charge in [0.15, 0.2) is 0 Å². The van der Waals surface area contributed by atoms with Gasteiger partial charge >= 0.3 is 5.97 Å². The third-order valence-electron chi connectivity index (χ3n) is 4.93. The van der Waals surface area contributed by atoms with Crippen molar-refractivity contribution in [3.8, 4) is 0 Å². The molecule has 1 aromatic carbocycles. The molecule has 1 aromatic heterocycles. The minimum atomic E-state index is -0.197. The standard InChI is InChI=1S/C17H20N2O2S/c1-19-11-6-13(7-12(19)10-22-9-11)21-17(20)15-8-18-16-5-3-2-4-14(15)16/h2-5,8,11-13,18H,6-7,9-10H2,1H3. The Morgan fingerprint density at radius 1 is 1.27 bits per heavy atom. The highest BCUT2D eigenvalue weighted by Crippen LogP contribution is 2.33. The molecular weight excluding hydrogens is 296 g/mol. The Balaban J connectivity index is 1.50. The number of ether oxygens (including phenoxy) is 1. The fraction of sp³-hybridized carbons (Fsp3) is 0.471. The summed E-state index contributed by atoms with van der Waals surface area (Å²) in [4.78, 5) is 18.1. The number of nitrogens with one attached hydrogen (secondary N) is 1. The fourth-order valence-electron chi connectivity index (χ4n) is 3.60. The Morgan fingerprint density at radius 2 is 2.00 bits per heavy atom. The van der Waals surface area contributed by atoms with Gasteiger partial charge in [0.05, 0.1) is 5.56 Å². The largest absolute Gasteiger partial charge is 0.459 e. The molecule has 2 unspecified atom stereocenters. The monoisotopic (exact) mass is 316 g/mol. The highest BCUT2D eigenvalue weighted by molar-refractivity contribution is 7.99. The molecule has 2 atom stereocenters. The summed E-state index contributed by atoms with van der Waals surface area (Å²) >= 11 is 2.02. The first-order valence-corrected chi connectivity index (χ1v) is 8.94.